The number of amides is 2. The summed E-state index contributed by atoms with van der Waals surface area (Å²) >= 11 is 0. The molecule has 0 saturated carbocycles. The number of ketones is 1. The number of hydrogen-bond acceptors (Lipinski definition) is 3. The summed E-state index contributed by atoms with van der Waals surface area (Å²) in [4.78, 5) is 23.8. The van der Waals surface area contributed by atoms with Crippen molar-refractivity contribution < 1.29 is 9.59 Å². The van der Waals surface area contributed by atoms with Gasteiger partial charge in [-0.3, -0.25) is 4.79 Å². The van der Waals surface area contributed by atoms with E-state index in [1.807, 2.05) is 0 Å². The van der Waals surface area contributed by atoms with Crippen LogP contribution in [0.3, 0.4) is 0 Å². The van der Waals surface area contributed by atoms with Crippen LogP contribution in [0, 0.1) is 0 Å². The zero-order chi connectivity index (χ0) is 10.4. The third-order valence-corrected chi connectivity index (χ3v) is 2.16. The highest BCUT2D eigenvalue weighted by Gasteiger charge is 2.14. The molecule has 5 nitrogen and oxygen atoms in total. The van der Waals surface area contributed by atoms with Crippen LogP contribution in [-0.4, -0.2) is 49.4 Å². The van der Waals surface area contributed by atoms with E-state index >= 15 is 0 Å². The highest BCUT2D eigenvalue weighted by atomic mass is 16.2. The van der Waals surface area contributed by atoms with E-state index in [0.717, 1.165) is 26.2 Å². The first-order valence-electron chi connectivity index (χ1n) is 4.93. The normalized spacial score (nSPS) is 16.5. The van der Waals surface area contributed by atoms with Crippen LogP contribution < -0.4 is 10.6 Å². The third-order valence-electron chi connectivity index (χ3n) is 2.16. The van der Waals surface area contributed by atoms with Gasteiger partial charge in [0.05, 0.1) is 0 Å². The number of carbonyl (C=O) groups excluding carboxylic acids is 2. The quantitative estimate of drug-likeness (QED) is 0.649. The van der Waals surface area contributed by atoms with Crippen LogP contribution in [0.1, 0.15) is 13.3 Å². The number of nitrogens with one attached hydrogen (secondary N) is 2. The Kier molecular flexibility index (Phi) is 4.39. The minimum atomic E-state index is -0.0623. The molecule has 1 heterocycles. The molecule has 2 N–H and O–H groups in total. The van der Waals surface area contributed by atoms with Crippen molar-refractivity contribution in [3.8, 4) is 0 Å². The minimum Gasteiger partial charge on any atom is -0.338 e. The predicted octanol–water partition coefficient (Wildman–Crippen LogP) is -0.420. The van der Waals surface area contributed by atoms with Crippen molar-refractivity contribution in [3.05, 3.63) is 0 Å². The maximum Gasteiger partial charge on any atom is 0.317 e. The van der Waals surface area contributed by atoms with Crippen LogP contribution in [0.25, 0.3) is 0 Å². The summed E-state index contributed by atoms with van der Waals surface area (Å²) in [5, 5.41) is 5.89. The van der Waals surface area contributed by atoms with E-state index < -0.39 is 0 Å². The SMILES string of the molecule is CC(=O)CCNC(=O)N1CCNCC1. The van der Waals surface area contributed by atoms with Crippen molar-refractivity contribution in [1.29, 1.82) is 0 Å². The summed E-state index contributed by atoms with van der Waals surface area (Å²) in [6.07, 6.45) is 0.415. The van der Waals surface area contributed by atoms with Gasteiger partial charge in [0.15, 0.2) is 0 Å². The Morgan fingerprint density at radius 1 is 1.36 bits per heavy atom. The topological polar surface area (TPSA) is 61.4 Å². The lowest BCUT2D eigenvalue weighted by molar-refractivity contribution is -0.116. The number of hydrogen-bond donors (Lipinski definition) is 2. The highest BCUT2D eigenvalue weighted by molar-refractivity contribution is 5.78. The zero-order valence-electron chi connectivity index (χ0n) is 8.51. The molecule has 0 spiro atoms. The molecule has 1 aliphatic heterocycles. The first-order chi connectivity index (χ1) is 6.70. The van der Waals surface area contributed by atoms with Gasteiger partial charge in [0, 0.05) is 39.1 Å². The van der Waals surface area contributed by atoms with E-state index in [9.17, 15) is 9.59 Å². The largest absolute Gasteiger partial charge is 0.338 e. The average molecular weight is 199 g/mol. The van der Waals surface area contributed by atoms with E-state index in [1.54, 1.807) is 4.90 Å². The van der Waals surface area contributed by atoms with E-state index in [-0.39, 0.29) is 11.8 Å². The van der Waals surface area contributed by atoms with Crippen LogP contribution in [-0.2, 0) is 4.79 Å². The van der Waals surface area contributed by atoms with Crippen molar-refractivity contribution in [1.82, 2.24) is 15.5 Å². The van der Waals surface area contributed by atoms with Crippen LogP contribution in [0.4, 0.5) is 4.79 Å². The lowest BCUT2D eigenvalue weighted by Crippen LogP contribution is -2.50. The molecule has 80 valence electrons. The van der Waals surface area contributed by atoms with Gasteiger partial charge in [-0.1, -0.05) is 0 Å². The summed E-state index contributed by atoms with van der Waals surface area (Å²) in [5.74, 6) is 0.102. The standard InChI is InChI=1S/C9H17N3O2/c1-8(13)2-3-11-9(14)12-6-4-10-5-7-12/h10H,2-7H2,1H3,(H,11,14). The molecule has 1 saturated heterocycles. The number of nitrogens with zero attached hydrogens (tertiary/aromatic N) is 1. The van der Waals surface area contributed by atoms with Gasteiger partial charge in [-0.15, -0.1) is 0 Å². The summed E-state index contributed by atoms with van der Waals surface area (Å²) in [5.41, 5.74) is 0. The minimum absolute atomic E-state index is 0.0623. The number of carbonyl (C=O) groups is 2. The Labute approximate surface area is 83.8 Å². The fourth-order valence-electron chi connectivity index (χ4n) is 1.33. The van der Waals surface area contributed by atoms with Crippen LogP contribution in [0.2, 0.25) is 0 Å². The maximum atomic E-state index is 11.5. The monoisotopic (exact) mass is 199 g/mol. The molecule has 0 aliphatic carbocycles. The van der Waals surface area contributed by atoms with Crippen molar-refractivity contribution in [2.45, 2.75) is 13.3 Å². The molecule has 0 aromatic carbocycles. The van der Waals surface area contributed by atoms with Crippen LogP contribution >= 0.6 is 0 Å². The third kappa shape index (κ3) is 3.74. The van der Waals surface area contributed by atoms with Crippen LogP contribution in [0.5, 0.6) is 0 Å². The molecule has 0 bridgehead atoms. The second kappa shape index (κ2) is 5.59. The van der Waals surface area contributed by atoms with Crippen molar-refractivity contribution >= 4 is 11.8 Å². The summed E-state index contributed by atoms with van der Waals surface area (Å²) in [6.45, 7) is 5.15. The Balaban J connectivity index is 2.16. The van der Waals surface area contributed by atoms with Gasteiger partial charge < -0.3 is 15.5 Å². The molecule has 5 heteroatoms. The van der Waals surface area contributed by atoms with Crippen molar-refractivity contribution in [3.63, 3.8) is 0 Å². The van der Waals surface area contributed by atoms with Gasteiger partial charge in [0.25, 0.3) is 0 Å². The van der Waals surface area contributed by atoms with E-state index in [0.29, 0.717) is 13.0 Å². The van der Waals surface area contributed by atoms with E-state index in [4.69, 9.17) is 0 Å². The average Bonchev–Trinajstić information content (AvgIpc) is 2.18. The Morgan fingerprint density at radius 2 is 2.00 bits per heavy atom. The van der Waals surface area contributed by atoms with Gasteiger partial charge in [-0.25, -0.2) is 4.79 Å². The fourth-order valence-corrected chi connectivity index (χ4v) is 1.33. The zero-order valence-corrected chi connectivity index (χ0v) is 8.51. The Bertz CT molecular complexity index is 212. The van der Waals surface area contributed by atoms with Gasteiger partial charge in [-0.2, -0.15) is 0 Å². The number of rotatable bonds is 3. The van der Waals surface area contributed by atoms with Gasteiger partial charge in [0.1, 0.15) is 5.78 Å². The molecule has 1 aliphatic rings. The molecule has 2 amide bonds. The molecule has 0 aromatic rings. The van der Waals surface area contributed by atoms with E-state index in [1.165, 1.54) is 6.92 Å². The number of urea groups is 1. The summed E-state index contributed by atoms with van der Waals surface area (Å²) in [6, 6.07) is -0.0623. The molecular formula is C9H17N3O2. The summed E-state index contributed by atoms with van der Waals surface area (Å²) < 4.78 is 0. The van der Waals surface area contributed by atoms with Gasteiger partial charge >= 0.3 is 6.03 Å². The van der Waals surface area contributed by atoms with Crippen molar-refractivity contribution in [2.24, 2.45) is 0 Å². The lowest BCUT2D eigenvalue weighted by atomic mass is 10.3. The van der Waals surface area contributed by atoms with Crippen LogP contribution in [0.15, 0.2) is 0 Å². The first-order valence-corrected chi connectivity index (χ1v) is 4.93. The molecule has 1 fully saturated rings. The predicted molar refractivity (Wildman–Crippen MR) is 53.1 cm³/mol. The van der Waals surface area contributed by atoms with Crippen molar-refractivity contribution in [2.75, 3.05) is 32.7 Å². The molecule has 0 atom stereocenters. The molecule has 0 unspecified atom stereocenters. The molecule has 14 heavy (non-hydrogen) atoms. The highest BCUT2D eigenvalue weighted by Crippen LogP contribution is 1.92. The number of piperazine rings is 1. The van der Waals surface area contributed by atoms with Gasteiger partial charge in [0.2, 0.25) is 0 Å². The Hall–Kier alpha value is -1.10. The second-order valence-electron chi connectivity index (χ2n) is 3.42. The molecule has 1 rings (SSSR count). The number of Topliss-reactive ketones (excluding diaryl/α,β-unsaturated/α-hetero) is 1. The smallest absolute Gasteiger partial charge is 0.317 e. The second-order valence-corrected chi connectivity index (χ2v) is 3.42. The first kappa shape index (κ1) is 11.0. The lowest BCUT2D eigenvalue weighted by Gasteiger charge is -2.27. The molecular weight excluding hydrogens is 182 g/mol. The molecule has 0 radical (unpaired) electrons. The maximum absolute atomic E-state index is 11.5. The summed E-state index contributed by atoms with van der Waals surface area (Å²) in [7, 11) is 0. The van der Waals surface area contributed by atoms with Gasteiger partial charge in [-0.05, 0) is 6.92 Å². The fraction of sp³-hybridized carbons (Fsp3) is 0.778. The van der Waals surface area contributed by atoms with E-state index in [2.05, 4.69) is 10.6 Å². The Morgan fingerprint density at radius 3 is 2.57 bits per heavy atom. The molecule has 0 aromatic heterocycles.